The van der Waals surface area contributed by atoms with E-state index in [4.69, 9.17) is 0 Å². The molecule has 4 nitrogen and oxygen atoms in total. The van der Waals surface area contributed by atoms with Crippen molar-refractivity contribution >= 4 is 16.8 Å². The highest BCUT2D eigenvalue weighted by molar-refractivity contribution is 5.85. The Morgan fingerprint density at radius 3 is 2.81 bits per heavy atom. The van der Waals surface area contributed by atoms with Gasteiger partial charge >= 0.3 is 0 Å². The van der Waals surface area contributed by atoms with Crippen LogP contribution in [0.2, 0.25) is 0 Å². The second-order valence-electron chi connectivity index (χ2n) is 5.86. The Kier molecular flexibility index (Phi) is 5.39. The Morgan fingerprint density at radius 1 is 1.29 bits per heavy atom. The van der Waals surface area contributed by atoms with E-state index in [1.165, 1.54) is 10.9 Å². The normalized spacial score (nSPS) is 11.2. The van der Waals surface area contributed by atoms with E-state index in [9.17, 15) is 4.79 Å². The molecule has 1 aromatic heterocycles. The number of carbonyl (C=O) groups is 1. The molecule has 0 radical (unpaired) electrons. The molecule has 0 spiro atoms. The first-order chi connectivity index (χ1) is 10.1. The molecule has 1 aromatic carbocycles. The first-order valence-corrected chi connectivity index (χ1v) is 7.60. The highest BCUT2D eigenvalue weighted by Gasteiger charge is 2.09. The van der Waals surface area contributed by atoms with Crippen molar-refractivity contribution in [1.29, 1.82) is 0 Å². The molecule has 114 valence electrons. The fraction of sp³-hybridized carbons (Fsp3) is 0.471. The van der Waals surface area contributed by atoms with Gasteiger partial charge in [0.2, 0.25) is 5.91 Å². The third-order valence-electron chi connectivity index (χ3n) is 3.60. The molecule has 21 heavy (non-hydrogen) atoms. The number of hydrogen-bond donors (Lipinski definition) is 2. The Labute approximate surface area is 126 Å². The zero-order valence-electron chi connectivity index (χ0n) is 13.1. The fourth-order valence-corrected chi connectivity index (χ4v) is 2.52. The molecule has 0 fully saturated rings. The summed E-state index contributed by atoms with van der Waals surface area (Å²) >= 11 is 0. The van der Waals surface area contributed by atoms with Gasteiger partial charge in [-0.25, -0.2) is 0 Å². The smallest absolute Gasteiger partial charge is 0.239 e. The predicted molar refractivity (Wildman–Crippen MR) is 87.2 cm³/mol. The Balaban J connectivity index is 2.09. The molecule has 2 aromatic rings. The van der Waals surface area contributed by atoms with E-state index < -0.39 is 0 Å². The molecule has 2 N–H and O–H groups in total. The number of nitrogens with one attached hydrogen (secondary N) is 2. The van der Waals surface area contributed by atoms with Crippen LogP contribution in [-0.4, -0.2) is 24.1 Å². The monoisotopic (exact) mass is 287 g/mol. The Morgan fingerprint density at radius 2 is 2.10 bits per heavy atom. The molecule has 1 heterocycles. The highest BCUT2D eigenvalue weighted by Crippen LogP contribution is 2.20. The Hall–Kier alpha value is -1.81. The highest BCUT2D eigenvalue weighted by atomic mass is 16.1. The number of benzene rings is 1. The van der Waals surface area contributed by atoms with Gasteiger partial charge in [0.1, 0.15) is 6.54 Å². The third-order valence-corrected chi connectivity index (χ3v) is 3.60. The van der Waals surface area contributed by atoms with Crippen molar-refractivity contribution in [2.45, 2.75) is 33.4 Å². The maximum absolute atomic E-state index is 12.1. The molecule has 0 atom stereocenters. The first kappa shape index (κ1) is 15.6. The van der Waals surface area contributed by atoms with Gasteiger partial charge in [-0.3, -0.25) is 4.79 Å². The van der Waals surface area contributed by atoms with Crippen LogP contribution in [0.1, 0.15) is 25.8 Å². The summed E-state index contributed by atoms with van der Waals surface area (Å²) in [5, 5.41) is 7.35. The zero-order valence-corrected chi connectivity index (χ0v) is 13.1. The van der Waals surface area contributed by atoms with E-state index in [-0.39, 0.29) is 5.91 Å². The van der Waals surface area contributed by atoms with E-state index in [2.05, 4.69) is 48.7 Å². The van der Waals surface area contributed by atoms with Crippen LogP contribution in [0.25, 0.3) is 10.9 Å². The molecule has 0 aliphatic heterocycles. The van der Waals surface area contributed by atoms with Crippen molar-refractivity contribution in [2.24, 2.45) is 5.92 Å². The fourth-order valence-electron chi connectivity index (χ4n) is 2.52. The summed E-state index contributed by atoms with van der Waals surface area (Å²) in [6, 6.07) is 8.31. The van der Waals surface area contributed by atoms with Gasteiger partial charge in [0, 0.05) is 19.3 Å². The second-order valence-corrected chi connectivity index (χ2v) is 5.86. The SMILES string of the molecule is CNCc1cccc2ccn(CC(=O)NCCC(C)C)c12. The molecule has 0 saturated carbocycles. The first-order valence-electron chi connectivity index (χ1n) is 7.60. The zero-order chi connectivity index (χ0) is 15.2. The molecule has 0 saturated heterocycles. The number of nitrogens with zero attached hydrogens (tertiary/aromatic N) is 1. The van der Waals surface area contributed by atoms with Crippen LogP contribution in [0.3, 0.4) is 0 Å². The Bertz CT molecular complexity index is 601. The number of para-hydroxylation sites is 1. The van der Waals surface area contributed by atoms with Crippen molar-refractivity contribution in [3.8, 4) is 0 Å². The average molecular weight is 287 g/mol. The van der Waals surface area contributed by atoms with E-state index in [0.717, 1.165) is 25.0 Å². The van der Waals surface area contributed by atoms with E-state index in [1.54, 1.807) is 0 Å². The van der Waals surface area contributed by atoms with Gasteiger partial charge in [0.05, 0.1) is 5.52 Å². The lowest BCUT2D eigenvalue weighted by Crippen LogP contribution is -2.29. The molecular weight excluding hydrogens is 262 g/mol. The summed E-state index contributed by atoms with van der Waals surface area (Å²) in [5.74, 6) is 0.687. The summed E-state index contributed by atoms with van der Waals surface area (Å²) in [6.07, 6.45) is 3.01. The molecular formula is C17H25N3O. The van der Waals surface area contributed by atoms with Gasteiger partial charge in [0.25, 0.3) is 0 Å². The third kappa shape index (κ3) is 4.08. The average Bonchev–Trinajstić information content (AvgIpc) is 2.83. The summed E-state index contributed by atoms with van der Waals surface area (Å²) in [4.78, 5) is 12.1. The minimum atomic E-state index is 0.0763. The van der Waals surface area contributed by atoms with Crippen LogP contribution < -0.4 is 10.6 Å². The van der Waals surface area contributed by atoms with Crippen LogP contribution in [0, 0.1) is 5.92 Å². The number of carbonyl (C=O) groups excluding carboxylic acids is 1. The van der Waals surface area contributed by atoms with Gasteiger partial charge in [-0.05, 0) is 36.4 Å². The molecule has 0 aliphatic rings. The number of amides is 1. The molecule has 0 unspecified atom stereocenters. The van der Waals surface area contributed by atoms with E-state index in [0.29, 0.717) is 12.5 Å². The van der Waals surface area contributed by atoms with Crippen LogP contribution in [0.15, 0.2) is 30.5 Å². The predicted octanol–water partition coefficient (Wildman–Crippen LogP) is 2.52. The summed E-state index contributed by atoms with van der Waals surface area (Å²) in [6.45, 7) is 6.25. The van der Waals surface area contributed by atoms with Crippen LogP contribution in [-0.2, 0) is 17.9 Å². The largest absolute Gasteiger partial charge is 0.355 e. The van der Waals surface area contributed by atoms with Gasteiger partial charge in [-0.2, -0.15) is 0 Å². The number of rotatable bonds is 7. The maximum Gasteiger partial charge on any atom is 0.239 e. The van der Waals surface area contributed by atoms with Crippen LogP contribution >= 0.6 is 0 Å². The van der Waals surface area contributed by atoms with E-state index >= 15 is 0 Å². The quantitative estimate of drug-likeness (QED) is 0.822. The number of aromatic nitrogens is 1. The molecule has 0 aliphatic carbocycles. The van der Waals surface area contributed by atoms with Crippen molar-refractivity contribution < 1.29 is 4.79 Å². The van der Waals surface area contributed by atoms with E-state index in [1.807, 2.05) is 17.8 Å². The minimum Gasteiger partial charge on any atom is -0.355 e. The lowest BCUT2D eigenvalue weighted by molar-refractivity contribution is -0.121. The van der Waals surface area contributed by atoms with Crippen molar-refractivity contribution in [2.75, 3.05) is 13.6 Å². The van der Waals surface area contributed by atoms with Gasteiger partial charge in [0.15, 0.2) is 0 Å². The lowest BCUT2D eigenvalue weighted by atomic mass is 10.1. The number of hydrogen-bond acceptors (Lipinski definition) is 2. The lowest BCUT2D eigenvalue weighted by Gasteiger charge is -2.11. The van der Waals surface area contributed by atoms with Crippen LogP contribution in [0.4, 0.5) is 0 Å². The van der Waals surface area contributed by atoms with Crippen molar-refractivity contribution in [1.82, 2.24) is 15.2 Å². The minimum absolute atomic E-state index is 0.0763. The summed E-state index contributed by atoms with van der Waals surface area (Å²) < 4.78 is 2.03. The molecule has 2 rings (SSSR count). The topological polar surface area (TPSA) is 46.1 Å². The molecule has 4 heteroatoms. The van der Waals surface area contributed by atoms with Crippen LogP contribution in [0.5, 0.6) is 0 Å². The van der Waals surface area contributed by atoms with Gasteiger partial charge in [-0.15, -0.1) is 0 Å². The van der Waals surface area contributed by atoms with Crippen molar-refractivity contribution in [3.05, 3.63) is 36.0 Å². The summed E-state index contributed by atoms with van der Waals surface area (Å²) in [5.41, 5.74) is 2.36. The van der Waals surface area contributed by atoms with Crippen molar-refractivity contribution in [3.63, 3.8) is 0 Å². The molecule has 1 amide bonds. The standard InChI is InChI=1S/C17H25N3O/c1-13(2)7-9-19-16(21)12-20-10-8-14-5-4-6-15(11-18-3)17(14)20/h4-6,8,10,13,18H,7,9,11-12H2,1-3H3,(H,19,21). The van der Waals surface area contributed by atoms with Gasteiger partial charge < -0.3 is 15.2 Å². The second kappa shape index (κ2) is 7.27. The summed E-state index contributed by atoms with van der Waals surface area (Å²) in [7, 11) is 1.94. The maximum atomic E-state index is 12.1. The molecule has 0 bridgehead atoms. The number of fused-ring (bicyclic) bond motifs is 1. The van der Waals surface area contributed by atoms with Gasteiger partial charge in [-0.1, -0.05) is 32.0 Å².